The number of amides is 1. The van der Waals surface area contributed by atoms with Gasteiger partial charge in [-0.15, -0.1) is 11.6 Å². The number of nitrogens with zero attached hydrogens (tertiary/aromatic N) is 1. The number of anilines is 2. The van der Waals surface area contributed by atoms with Gasteiger partial charge in [-0.05, 0) is 42.0 Å². The number of alkyl halides is 1. The first kappa shape index (κ1) is 14.1. The van der Waals surface area contributed by atoms with Crippen LogP contribution in [-0.2, 0) is 11.2 Å². The van der Waals surface area contributed by atoms with Crippen LogP contribution in [0.4, 0.5) is 11.4 Å². The lowest BCUT2D eigenvalue weighted by Crippen LogP contribution is -2.20. The minimum absolute atomic E-state index is 0.0391. The molecular weight excluding hydrogens is 309 g/mol. The van der Waals surface area contributed by atoms with Crippen molar-refractivity contribution in [3.8, 4) is 0 Å². The van der Waals surface area contributed by atoms with Crippen molar-refractivity contribution in [3.63, 3.8) is 0 Å². The molecule has 2 aromatic rings. The van der Waals surface area contributed by atoms with Crippen LogP contribution in [0.15, 0.2) is 42.5 Å². The number of rotatable bonds is 3. The van der Waals surface area contributed by atoms with Crippen molar-refractivity contribution in [2.24, 2.45) is 0 Å². The van der Waals surface area contributed by atoms with Gasteiger partial charge in [-0.2, -0.15) is 0 Å². The third-order valence-electron chi connectivity index (χ3n) is 3.42. The van der Waals surface area contributed by atoms with E-state index in [1.807, 2.05) is 6.07 Å². The molecule has 0 saturated heterocycles. The van der Waals surface area contributed by atoms with Gasteiger partial charge in [0.1, 0.15) is 0 Å². The number of halogens is 2. The van der Waals surface area contributed by atoms with Crippen LogP contribution < -0.4 is 4.90 Å². The van der Waals surface area contributed by atoms with E-state index < -0.39 is 0 Å². The van der Waals surface area contributed by atoms with E-state index in [2.05, 4.69) is 0 Å². The second-order valence-electron chi connectivity index (χ2n) is 4.79. The molecule has 1 heterocycles. The number of fused-ring (bicyclic) bond motifs is 1. The molecule has 1 amide bonds. The van der Waals surface area contributed by atoms with Crippen LogP contribution in [-0.4, -0.2) is 17.6 Å². The van der Waals surface area contributed by atoms with Crippen LogP contribution in [0.2, 0.25) is 5.02 Å². The summed E-state index contributed by atoms with van der Waals surface area (Å²) in [4.78, 5) is 25.5. The molecule has 0 fully saturated rings. The third-order valence-corrected chi connectivity index (χ3v) is 3.90. The monoisotopic (exact) mass is 319 g/mol. The Bertz CT molecular complexity index is 743. The largest absolute Gasteiger partial charge is 0.293 e. The van der Waals surface area contributed by atoms with Gasteiger partial charge in [-0.3, -0.25) is 14.5 Å². The van der Waals surface area contributed by atoms with Gasteiger partial charge in [0.05, 0.1) is 23.7 Å². The standard InChI is InChI=1S/C16H11Cl2NO2/c17-9-15(20)10-4-5-14-11(6-10)7-16(21)19(14)13-3-1-2-12(18)8-13/h1-6,8H,7,9H2. The van der Waals surface area contributed by atoms with Crippen LogP contribution in [0.25, 0.3) is 0 Å². The molecule has 0 spiro atoms. The first-order chi connectivity index (χ1) is 10.1. The zero-order valence-electron chi connectivity index (χ0n) is 11.0. The minimum atomic E-state index is -0.145. The van der Waals surface area contributed by atoms with Crippen LogP contribution in [0, 0.1) is 0 Å². The van der Waals surface area contributed by atoms with E-state index >= 15 is 0 Å². The number of carbonyl (C=O) groups excluding carboxylic acids is 2. The highest BCUT2D eigenvalue weighted by Crippen LogP contribution is 2.36. The summed E-state index contributed by atoms with van der Waals surface area (Å²) in [7, 11) is 0. The van der Waals surface area contributed by atoms with Gasteiger partial charge < -0.3 is 0 Å². The summed E-state index contributed by atoms with van der Waals surface area (Å²) in [6, 6.07) is 12.3. The molecule has 0 saturated carbocycles. The normalized spacial score (nSPS) is 13.4. The van der Waals surface area contributed by atoms with E-state index in [1.165, 1.54) is 0 Å². The molecular formula is C16H11Cl2NO2. The number of hydrogen-bond acceptors (Lipinski definition) is 2. The molecule has 1 aliphatic heterocycles. The Balaban J connectivity index is 2.04. The SMILES string of the molecule is O=C(CCl)c1ccc2c(c1)CC(=O)N2c1cccc(Cl)c1. The van der Waals surface area contributed by atoms with E-state index in [1.54, 1.807) is 41.3 Å². The second kappa shape index (κ2) is 5.51. The molecule has 0 aromatic heterocycles. The van der Waals surface area contributed by atoms with Gasteiger partial charge in [0, 0.05) is 10.6 Å². The fraction of sp³-hybridized carbons (Fsp3) is 0.125. The predicted molar refractivity (Wildman–Crippen MR) is 83.8 cm³/mol. The van der Waals surface area contributed by atoms with Crippen LogP contribution in [0.3, 0.4) is 0 Å². The molecule has 0 aliphatic carbocycles. The Morgan fingerprint density at radius 2 is 2.00 bits per heavy atom. The molecule has 5 heteroatoms. The summed E-state index contributed by atoms with van der Waals surface area (Å²) >= 11 is 11.6. The molecule has 1 aliphatic rings. The van der Waals surface area contributed by atoms with Gasteiger partial charge in [-0.1, -0.05) is 17.7 Å². The van der Waals surface area contributed by atoms with Crippen molar-refractivity contribution in [1.29, 1.82) is 0 Å². The number of ketones is 1. The first-order valence-corrected chi connectivity index (χ1v) is 7.32. The van der Waals surface area contributed by atoms with E-state index in [9.17, 15) is 9.59 Å². The quantitative estimate of drug-likeness (QED) is 0.633. The zero-order valence-corrected chi connectivity index (χ0v) is 12.5. The Hall–Kier alpha value is -1.84. The summed E-state index contributed by atoms with van der Waals surface area (Å²) < 4.78 is 0. The van der Waals surface area contributed by atoms with Crippen molar-refractivity contribution < 1.29 is 9.59 Å². The van der Waals surface area contributed by atoms with Crippen LogP contribution in [0.1, 0.15) is 15.9 Å². The van der Waals surface area contributed by atoms with Gasteiger partial charge in [0.25, 0.3) is 0 Å². The highest BCUT2D eigenvalue weighted by atomic mass is 35.5. The predicted octanol–water partition coefficient (Wildman–Crippen LogP) is 3.98. The maximum atomic E-state index is 12.3. The zero-order chi connectivity index (χ0) is 15.0. The van der Waals surface area contributed by atoms with Gasteiger partial charge >= 0.3 is 0 Å². The summed E-state index contributed by atoms with van der Waals surface area (Å²) in [5.41, 5.74) is 2.87. The van der Waals surface area contributed by atoms with E-state index in [0.717, 1.165) is 16.9 Å². The molecule has 3 nitrogen and oxygen atoms in total. The fourth-order valence-electron chi connectivity index (χ4n) is 2.47. The second-order valence-corrected chi connectivity index (χ2v) is 5.49. The highest BCUT2D eigenvalue weighted by Gasteiger charge is 2.29. The van der Waals surface area contributed by atoms with E-state index in [4.69, 9.17) is 23.2 Å². The van der Waals surface area contributed by atoms with Crippen molar-refractivity contribution in [1.82, 2.24) is 0 Å². The molecule has 106 valence electrons. The molecule has 0 unspecified atom stereocenters. The van der Waals surface area contributed by atoms with Crippen molar-refractivity contribution in [3.05, 3.63) is 58.6 Å². The Labute approximate surface area is 132 Å². The van der Waals surface area contributed by atoms with Gasteiger partial charge in [0.2, 0.25) is 5.91 Å². The Kier molecular flexibility index (Phi) is 3.70. The maximum Gasteiger partial charge on any atom is 0.236 e. The molecule has 0 atom stereocenters. The van der Waals surface area contributed by atoms with Crippen molar-refractivity contribution in [2.45, 2.75) is 6.42 Å². The van der Waals surface area contributed by atoms with Crippen LogP contribution >= 0.6 is 23.2 Å². The lowest BCUT2D eigenvalue weighted by atomic mass is 10.1. The molecule has 0 N–H and O–H groups in total. The summed E-state index contributed by atoms with van der Waals surface area (Å²) in [5, 5.41) is 0.572. The Morgan fingerprint density at radius 3 is 2.71 bits per heavy atom. The van der Waals surface area contributed by atoms with Gasteiger partial charge in [-0.25, -0.2) is 0 Å². The number of carbonyl (C=O) groups is 2. The van der Waals surface area contributed by atoms with Crippen molar-refractivity contribution in [2.75, 3.05) is 10.8 Å². The summed E-state index contributed by atoms with van der Waals surface area (Å²) in [6.07, 6.45) is 0.269. The number of benzene rings is 2. The number of Topliss-reactive ketones (excluding diaryl/α,β-unsaturated/α-hetero) is 1. The average molecular weight is 320 g/mol. The lowest BCUT2D eigenvalue weighted by molar-refractivity contribution is -0.116. The Morgan fingerprint density at radius 1 is 1.19 bits per heavy atom. The lowest BCUT2D eigenvalue weighted by Gasteiger charge is -2.18. The first-order valence-electron chi connectivity index (χ1n) is 6.41. The molecule has 2 aromatic carbocycles. The average Bonchev–Trinajstić information content (AvgIpc) is 2.81. The van der Waals surface area contributed by atoms with Gasteiger partial charge in [0.15, 0.2) is 5.78 Å². The molecule has 3 rings (SSSR count). The fourth-order valence-corrected chi connectivity index (χ4v) is 2.81. The molecule has 21 heavy (non-hydrogen) atoms. The van der Waals surface area contributed by atoms with Crippen LogP contribution in [0.5, 0.6) is 0 Å². The highest BCUT2D eigenvalue weighted by molar-refractivity contribution is 6.31. The molecule has 0 radical (unpaired) electrons. The van der Waals surface area contributed by atoms with E-state index in [-0.39, 0.29) is 24.0 Å². The smallest absolute Gasteiger partial charge is 0.236 e. The number of hydrogen-bond donors (Lipinski definition) is 0. The maximum absolute atomic E-state index is 12.3. The van der Waals surface area contributed by atoms with Crippen molar-refractivity contribution >= 4 is 46.3 Å². The summed E-state index contributed by atoms with van der Waals surface area (Å²) in [5.74, 6) is -0.249. The summed E-state index contributed by atoms with van der Waals surface area (Å²) in [6.45, 7) is 0. The minimum Gasteiger partial charge on any atom is -0.293 e. The molecule has 0 bridgehead atoms. The topological polar surface area (TPSA) is 37.4 Å². The van der Waals surface area contributed by atoms with E-state index in [0.29, 0.717) is 10.6 Å². The third kappa shape index (κ3) is 2.55.